The fourth-order valence-corrected chi connectivity index (χ4v) is 7.82. The fraction of sp³-hybridized carbons (Fsp3) is 0.257. The Kier molecular flexibility index (Phi) is 9.23. The zero-order chi connectivity index (χ0) is 31.4. The molecule has 1 aliphatic carbocycles. The highest BCUT2D eigenvalue weighted by molar-refractivity contribution is 8.00. The first-order chi connectivity index (χ1) is 21.0. The molecule has 1 aromatic heterocycles. The molecule has 2 unspecified atom stereocenters. The van der Waals surface area contributed by atoms with Crippen molar-refractivity contribution in [1.29, 1.82) is 5.26 Å². The van der Waals surface area contributed by atoms with Gasteiger partial charge in [0.2, 0.25) is 5.91 Å². The van der Waals surface area contributed by atoms with E-state index in [1.165, 1.54) is 40.1 Å². The summed E-state index contributed by atoms with van der Waals surface area (Å²) in [6.45, 7) is 6.75. The van der Waals surface area contributed by atoms with E-state index in [2.05, 4.69) is 37.5 Å². The second-order valence-electron chi connectivity index (χ2n) is 11.9. The number of amides is 2. The minimum Gasteiger partial charge on any atom is -0.478 e. The van der Waals surface area contributed by atoms with Crippen LogP contribution >= 0.6 is 23.1 Å². The van der Waals surface area contributed by atoms with Crippen LogP contribution in [0.15, 0.2) is 83.8 Å². The van der Waals surface area contributed by atoms with Gasteiger partial charge in [0, 0.05) is 15.5 Å². The van der Waals surface area contributed by atoms with Crippen LogP contribution in [-0.4, -0.2) is 22.9 Å². The van der Waals surface area contributed by atoms with Gasteiger partial charge >= 0.3 is 5.97 Å². The number of thiophene rings is 1. The number of hydrogen-bond donors (Lipinski definition) is 3. The van der Waals surface area contributed by atoms with Crippen molar-refractivity contribution < 1.29 is 19.5 Å². The fourth-order valence-electron chi connectivity index (χ4n) is 5.46. The standard InChI is InChI=1S/C35H33N3O4S2/c1-35(2,3)22-16-17-25-28(20-36)33(44-29(25)18-22)38-32(40)30(21-10-5-4-6-11-21)43-24-13-9-12-23(19-24)37-31(39)26-14-7-8-15-27(26)34(41)42/h4-15,19,22,30H,16-18H2,1-3H3,(H,37,39)(H,38,40)(H,41,42). The molecule has 5 rings (SSSR count). The smallest absolute Gasteiger partial charge is 0.336 e. The number of thioether (sulfide) groups is 1. The van der Waals surface area contributed by atoms with E-state index in [-0.39, 0.29) is 22.4 Å². The number of hydrogen-bond acceptors (Lipinski definition) is 6. The van der Waals surface area contributed by atoms with Gasteiger partial charge in [0.05, 0.1) is 16.7 Å². The van der Waals surface area contributed by atoms with Crippen LogP contribution in [0.25, 0.3) is 0 Å². The summed E-state index contributed by atoms with van der Waals surface area (Å²) in [6, 6.07) is 24.9. The number of anilines is 2. The molecule has 0 radical (unpaired) electrons. The van der Waals surface area contributed by atoms with Crippen LogP contribution < -0.4 is 10.6 Å². The molecule has 224 valence electrons. The Bertz CT molecular complexity index is 1750. The molecule has 3 aromatic carbocycles. The third-order valence-corrected chi connectivity index (χ3v) is 10.3. The average molecular weight is 624 g/mol. The maximum atomic E-state index is 13.9. The number of carbonyl (C=O) groups excluding carboxylic acids is 2. The molecule has 44 heavy (non-hydrogen) atoms. The highest BCUT2D eigenvalue weighted by Gasteiger charge is 2.33. The topological polar surface area (TPSA) is 119 Å². The Morgan fingerprint density at radius 1 is 0.977 bits per heavy atom. The summed E-state index contributed by atoms with van der Waals surface area (Å²) < 4.78 is 0. The second kappa shape index (κ2) is 13.1. The van der Waals surface area contributed by atoms with Gasteiger partial charge in [-0.05, 0) is 72.1 Å². The molecular weight excluding hydrogens is 591 g/mol. The number of carboxylic acid groups (broad SMARTS) is 1. The number of fused-ring (bicyclic) bond motifs is 1. The number of nitriles is 1. The Morgan fingerprint density at radius 3 is 2.36 bits per heavy atom. The van der Waals surface area contributed by atoms with Crippen molar-refractivity contribution in [3.8, 4) is 6.07 Å². The predicted molar refractivity (Wildman–Crippen MR) is 175 cm³/mol. The number of rotatable bonds is 8. The molecule has 0 saturated heterocycles. The number of nitrogens with zero attached hydrogens (tertiary/aromatic N) is 1. The molecule has 0 bridgehead atoms. The summed E-state index contributed by atoms with van der Waals surface area (Å²) in [6.07, 6.45) is 2.76. The highest BCUT2D eigenvalue weighted by Crippen LogP contribution is 2.45. The lowest BCUT2D eigenvalue weighted by molar-refractivity contribution is -0.115. The zero-order valence-electron chi connectivity index (χ0n) is 24.7. The molecule has 2 amide bonds. The van der Waals surface area contributed by atoms with E-state index in [9.17, 15) is 24.8 Å². The predicted octanol–water partition coefficient (Wildman–Crippen LogP) is 8.19. The van der Waals surface area contributed by atoms with Gasteiger partial charge in [0.25, 0.3) is 5.91 Å². The molecule has 7 nitrogen and oxygen atoms in total. The molecule has 0 spiro atoms. The summed E-state index contributed by atoms with van der Waals surface area (Å²) >= 11 is 2.84. The van der Waals surface area contributed by atoms with Crippen molar-refractivity contribution in [3.05, 3.63) is 112 Å². The van der Waals surface area contributed by atoms with Crippen LogP contribution in [0.1, 0.15) is 74.7 Å². The van der Waals surface area contributed by atoms with Crippen molar-refractivity contribution in [2.24, 2.45) is 11.3 Å². The van der Waals surface area contributed by atoms with Crippen molar-refractivity contribution in [3.63, 3.8) is 0 Å². The first kappa shape index (κ1) is 31.0. The van der Waals surface area contributed by atoms with E-state index < -0.39 is 17.1 Å². The monoisotopic (exact) mass is 623 g/mol. The van der Waals surface area contributed by atoms with Gasteiger partial charge < -0.3 is 15.7 Å². The van der Waals surface area contributed by atoms with Crippen molar-refractivity contribution in [1.82, 2.24) is 0 Å². The van der Waals surface area contributed by atoms with Gasteiger partial charge in [-0.15, -0.1) is 23.1 Å². The van der Waals surface area contributed by atoms with Gasteiger partial charge in [-0.25, -0.2) is 4.79 Å². The Balaban J connectivity index is 1.38. The molecule has 0 fully saturated rings. The number of nitrogens with one attached hydrogen (secondary N) is 2. The molecule has 1 heterocycles. The van der Waals surface area contributed by atoms with E-state index in [4.69, 9.17) is 0 Å². The van der Waals surface area contributed by atoms with E-state index in [1.807, 2.05) is 36.4 Å². The third kappa shape index (κ3) is 6.88. The highest BCUT2D eigenvalue weighted by atomic mass is 32.2. The lowest BCUT2D eigenvalue weighted by Crippen LogP contribution is -2.26. The maximum absolute atomic E-state index is 13.9. The Labute approximate surface area is 265 Å². The van der Waals surface area contributed by atoms with E-state index in [1.54, 1.807) is 30.3 Å². The molecule has 9 heteroatoms. The molecule has 0 aliphatic heterocycles. The summed E-state index contributed by atoms with van der Waals surface area (Å²) in [7, 11) is 0. The van der Waals surface area contributed by atoms with E-state index in [0.29, 0.717) is 22.2 Å². The van der Waals surface area contributed by atoms with Gasteiger partial charge in [0.15, 0.2) is 0 Å². The lowest BCUT2D eigenvalue weighted by Gasteiger charge is -2.33. The molecule has 4 aromatic rings. The minimum absolute atomic E-state index is 0.0559. The number of benzene rings is 3. The molecule has 0 saturated carbocycles. The maximum Gasteiger partial charge on any atom is 0.336 e. The van der Waals surface area contributed by atoms with Crippen LogP contribution in [0, 0.1) is 22.7 Å². The minimum atomic E-state index is -1.18. The molecule has 2 atom stereocenters. The van der Waals surface area contributed by atoms with Crippen LogP contribution in [0.5, 0.6) is 0 Å². The van der Waals surface area contributed by atoms with E-state index in [0.717, 1.165) is 35.3 Å². The number of aromatic carboxylic acids is 1. The van der Waals surface area contributed by atoms with Crippen LogP contribution in [0.2, 0.25) is 0 Å². The van der Waals surface area contributed by atoms with Crippen molar-refractivity contribution in [2.75, 3.05) is 10.6 Å². The van der Waals surface area contributed by atoms with Gasteiger partial charge in [-0.2, -0.15) is 5.26 Å². The van der Waals surface area contributed by atoms with Gasteiger partial charge in [-0.3, -0.25) is 9.59 Å². The first-order valence-corrected chi connectivity index (χ1v) is 16.1. The zero-order valence-corrected chi connectivity index (χ0v) is 26.4. The lowest BCUT2D eigenvalue weighted by atomic mass is 9.72. The SMILES string of the molecule is CC(C)(C)C1CCc2c(sc(NC(=O)C(Sc3cccc(NC(=O)c4ccccc4C(=O)O)c3)c3ccccc3)c2C#N)C1. The summed E-state index contributed by atoms with van der Waals surface area (Å²) in [4.78, 5) is 40.4. The molecular formula is C35H33N3O4S2. The summed E-state index contributed by atoms with van der Waals surface area (Å²) in [5.74, 6) is -1.45. The van der Waals surface area contributed by atoms with E-state index >= 15 is 0 Å². The first-order valence-electron chi connectivity index (χ1n) is 14.4. The number of carboxylic acids is 1. The summed E-state index contributed by atoms with van der Waals surface area (Å²) in [5.41, 5.74) is 3.03. The normalized spacial score (nSPS) is 15.0. The van der Waals surface area contributed by atoms with Crippen LogP contribution in [0.3, 0.4) is 0 Å². The Hall–Kier alpha value is -4.39. The van der Waals surface area contributed by atoms with Gasteiger partial charge in [-0.1, -0.05) is 69.3 Å². The quantitative estimate of drug-likeness (QED) is 0.170. The molecule has 3 N–H and O–H groups in total. The van der Waals surface area contributed by atoms with Crippen LogP contribution in [-0.2, 0) is 17.6 Å². The van der Waals surface area contributed by atoms with Crippen molar-refractivity contribution in [2.45, 2.75) is 50.2 Å². The van der Waals surface area contributed by atoms with Crippen LogP contribution in [0.4, 0.5) is 10.7 Å². The third-order valence-electron chi connectivity index (χ3n) is 7.93. The van der Waals surface area contributed by atoms with Crippen molar-refractivity contribution >= 4 is 51.6 Å². The molecule has 1 aliphatic rings. The second-order valence-corrected chi connectivity index (χ2v) is 14.1. The summed E-state index contributed by atoms with van der Waals surface area (Å²) in [5, 5.41) is 25.4. The number of carbonyl (C=O) groups is 3. The average Bonchev–Trinajstić information content (AvgIpc) is 3.36. The van der Waals surface area contributed by atoms with Gasteiger partial charge in [0.1, 0.15) is 16.3 Å². The largest absolute Gasteiger partial charge is 0.478 e. The Morgan fingerprint density at radius 2 is 1.68 bits per heavy atom.